The van der Waals surface area contributed by atoms with Gasteiger partial charge in [-0.3, -0.25) is 0 Å². The summed E-state index contributed by atoms with van der Waals surface area (Å²) in [6, 6.07) is 30.3. The molecule has 2 N–H and O–H groups in total. The molecule has 5 nitrogen and oxygen atoms in total. The molecule has 0 amide bonds. The van der Waals surface area contributed by atoms with E-state index in [0.29, 0.717) is 6.54 Å². The van der Waals surface area contributed by atoms with Gasteiger partial charge >= 0.3 is 0 Å². The molecular formula is C28H23BrN4O. The molecule has 168 valence electrons. The van der Waals surface area contributed by atoms with E-state index in [-0.39, 0.29) is 0 Å². The summed E-state index contributed by atoms with van der Waals surface area (Å²) in [6.45, 7) is 2.73. The largest absolute Gasteiger partial charge is 0.457 e. The molecule has 0 unspecified atom stereocenters. The van der Waals surface area contributed by atoms with Crippen LogP contribution >= 0.6 is 15.9 Å². The first kappa shape index (κ1) is 21.9. The van der Waals surface area contributed by atoms with E-state index < -0.39 is 0 Å². The molecule has 5 rings (SSSR count). The lowest BCUT2D eigenvalue weighted by molar-refractivity contribution is 0.482. The maximum atomic E-state index is 6.01. The zero-order valence-electron chi connectivity index (χ0n) is 18.6. The summed E-state index contributed by atoms with van der Waals surface area (Å²) >= 11 is 3.51. The quantitative estimate of drug-likeness (QED) is 0.233. The molecular weight excluding hydrogens is 488 g/mol. The smallest absolute Gasteiger partial charge is 0.141 e. The van der Waals surface area contributed by atoms with E-state index in [1.165, 1.54) is 5.56 Å². The number of aryl methyl sites for hydroxylation is 1. The van der Waals surface area contributed by atoms with Crippen LogP contribution in [0.3, 0.4) is 0 Å². The Morgan fingerprint density at radius 3 is 2.50 bits per heavy atom. The van der Waals surface area contributed by atoms with Gasteiger partial charge in [0.2, 0.25) is 0 Å². The lowest BCUT2D eigenvalue weighted by Crippen LogP contribution is -2.01. The third-order valence-electron chi connectivity index (χ3n) is 5.37. The Labute approximate surface area is 207 Å². The van der Waals surface area contributed by atoms with Gasteiger partial charge in [-0.05, 0) is 73.2 Å². The monoisotopic (exact) mass is 510 g/mol. The topological polar surface area (TPSA) is 59.1 Å². The van der Waals surface area contributed by atoms with Crippen molar-refractivity contribution in [2.45, 2.75) is 13.5 Å². The maximum Gasteiger partial charge on any atom is 0.141 e. The van der Waals surface area contributed by atoms with Crippen LogP contribution in [0.5, 0.6) is 11.5 Å². The van der Waals surface area contributed by atoms with Gasteiger partial charge in [0.25, 0.3) is 0 Å². The number of aromatic nitrogens is 2. The van der Waals surface area contributed by atoms with Crippen molar-refractivity contribution in [2.75, 3.05) is 10.6 Å². The van der Waals surface area contributed by atoms with Crippen molar-refractivity contribution in [3.63, 3.8) is 0 Å². The molecule has 0 radical (unpaired) electrons. The van der Waals surface area contributed by atoms with Crippen LogP contribution in [0.15, 0.2) is 102 Å². The van der Waals surface area contributed by atoms with Crippen molar-refractivity contribution in [3.05, 3.63) is 113 Å². The fourth-order valence-electron chi connectivity index (χ4n) is 3.63. The van der Waals surface area contributed by atoms with E-state index in [0.717, 1.165) is 49.6 Å². The maximum absolute atomic E-state index is 6.01. The van der Waals surface area contributed by atoms with Gasteiger partial charge in [-0.25, -0.2) is 9.97 Å². The van der Waals surface area contributed by atoms with E-state index >= 15 is 0 Å². The Hall–Kier alpha value is -3.90. The van der Waals surface area contributed by atoms with Crippen LogP contribution in [-0.2, 0) is 6.54 Å². The summed E-state index contributed by atoms with van der Waals surface area (Å²) in [6.07, 6.45) is 1.58. The van der Waals surface area contributed by atoms with Crippen LogP contribution in [0.25, 0.3) is 10.9 Å². The van der Waals surface area contributed by atoms with Crippen LogP contribution < -0.4 is 15.4 Å². The zero-order valence-corrected chi connectivity index (χ0v) is 20.2. The van der Waals surface area contributed by atoms with Crippen LogP contribution in [0, 0.1) is 6.92 Å². The highest BCUT2D eigenvalue weighted by Crippen LogP contribution is 2.28. The average molecular weight is 511 g/mol. The Morgan fingerprint density at radius 1 is 0.794 bits per heavy atom. The van der Waals surface area contributed by atoms with Crippen LogP contribution in [0.2, 0.25) is 0 Å². The first-order valence-electron chi connectivity index (χ1n) is 11.0. The van der Waals surface area contributed by atoms with Crippen molar-refractivity contribution in [3.8, 4) is 11.5 Å². The van der Waals surface area contributed by atoms with E-state index in [1.807, 2.05) is 72.8 Å². The standard InChI is InChI=1S/C28H23BrN4O/c1-19-8-11-24(12-9-19)34-25-7-2-4-20(14-25)17-30-22-10-13-27-26(16-22)28(32-18-31-27)33-23-6-3-5-21(29)15-23/h2-16,18,30H,17H2,1H3,(H,31,32,33). The number of rotatable bonds is 7. The third kappa shape index (κ3) is 5.35. The zero-order chi connectivity index (χ0) is 23.3. The Kier molecular flexibility index (Phi) is 6.40. The van der Waals surface area contributed by atoms with Crippen LogP contribution in [0.1, 0.15) is 11.1 Å². The average Bonchev–Trinajstić information content (AvgIpc) is 2.85. The molecule has 0 spiro atoms. The van der Waals surface area contributed by atoms with Crippen molar-refractivity contribution < 1.29 is 4.74 Å². The highest BCUT2D eigenvalue weighted by atomic mass is 79.9. The summed E-state index contributed by atoms with van der Waals surface area (Å²) in [7, 11) is 0. The van der Waals surface area contributed by atoms with Crippen LogP contribution in [0.4, 0.5) is 17.2 Å². The van der Waals surface area contributed by atoms with E-state index in [4.69, 9.17) is 4.74 Å². The second kappa shape index (κ2) is 9.93. The molecule has 5 aromatic rings. The van der Waals surface area contributed by atoms with Gasteiger partial charge in [-0.1, -0.05) is 51.8 Å². The summed E-state index contributed by atoms with van der Waals surface area (Å²) in [5, 5.41) is 7.85. The van der Waals surface area contributed by atoms with Crippen molar-refractivity contribution >= 4 is 44.0 Å². The Bertz CT molecular complexity index is 1440. The first-order chi connectivity index (χ1) is 16.6. The number of fused-ring (bicyclic) bond motifs is 1. The van der Waals surface area contributed by atoms with Crippen molar-refractivity contribution in [2.24, 2.45) is 0 Å². The first-order valence-corrected chi connectivity index (χ1v) is 11.8. The van der Waals surface area contributed by atoms with Gasteiger partial charge in [0, 0.05) is 27.8 Å². The third-order valence-corrected chi connectivity index (χ3v) is 5.87. The van der Waals surface area contributed by atoms with Crippen LogP contribution in [-0.4, -0.2) is 9.97 Å². The normalized spacial score (nSPS) is 10.8. The minimum absolute atomic E-state index is 0.665. The molecule has 6 heteroatoms. The predicted octanol–water partition coefficient (Wildman–Crippen LogP) is 7.85. The summed E-state index contributed by atoms with van der Waals surface area (Å²) < 4.78 is 7.01. The van der Waals surface area contributed by atoms with Crippen molar-refractivity contribution in [1.29, 1.82) is 0 Å². The lowest BCUT2D eigenvalue weighted by atomic mass is 10.1. The van der Waals surface area contributed by atoms with E-state index in [2.05, 4.69) is 61.7 Å². The SMILES string of the molecule is Cc1ccc(Oc2cccc(CNc3ccc4ncnc(Nc5cccc(Br)c5)c4c3)c2)cc1. The van der Waals surface area contributed by atoms with Gasteiger partial charge in [0.15, 0.2) is 0 Å². The van der Waals surface area contributed by atoms with Gasteiger partial charge < -0.3 is 15.4 Å². The van der Waals surface area contributed by atoms with Gasteiger partial charge in [-0.15, -0.1) is 0 Å². The van der Waals surface area contributed by atoms with Gasteiger partial charge in [0.1, 0.15) is 23.6 Å². The number of hydrogen-bond donors (Lipinski definition) is 2. The molecule has 1 heterocycles. The molecule has 0 saturated heterocycles. The number of nitrogens with one attached hydrogen (secondary N) is 2. The Balaban J connectivity index is 1.32. The number of halogens is 1. The second-order valence-electron chi connectivity index (χ2n) is 8.01. The number of ether oxygens (including phenoxy) is 1. The molecule has 0 aliphatic heterocycles. The van der Waals surface area contributed by atoms with Gasteiger partial charge in [-0.2, -0.15) is 0 Å². The molecule has 1 aromatic heterocycles. The lowest BCUT2D eigenvalue weighted by Gasteiger charge is -2.12. The number of benzene rings is 4. The second-order valence-corrected chi connectivity index (χ2v) is 8.92. The molecule has 0 saturated carbocycles. The van der Waals surface area contributed by atoms with E-state index in [9.17, 15) is 0 Å². The predicted molar refractivity (Wildman–Crippen MR) is 142 cm³/mol. The highest BCUT2D eigenvalue weighted by molar-refractivity contribution is 9.10. The van der Waals surface area contributed by atoms with Crippen molar-refractivity contribution in [1.82, 2.24) is 9.97 Å². The molecule has 0 aliphatic carbocycles. The molecule has 0 fully saturated rings. The summed E-state index contributed by atoms with van der Waals surface area (Å²) in [5.41, 5.74) is 5.16. The number of anilines is 3. The molecule has 4 aromatic carbocycles. The molecule has 0 atom stereocenters. The minimum atomic E-state index is 0.665. The number of nitrogens with zero attached hydrogens (tertiary/aromatic N) is 2. The summed E-state index contributed by atoms with van der Waals surface area (Å²) in [5.74, 6) is 2.41. The fourth-order valence-corrected chi connectivity index (χ4v) is 4.03. The number of hydrogen-bond acceptors (Lipinski definition) is 5. The molecule has 0 aliphatic rings. The minimum Gasteiger partial charge on any atom is -0.457 e. The van der Waals surface area contributed by atoms with E-state index in [1.54, 1.807) is 6.33 Å². The highest BCUT2D eigenvalue weighted by Gasteiger charge is 2.07. The molecule has 0 bridgehead atoms. The summed E-state index contributed by atoms with van der Waals surface area (Å²) in [4.78, 5) is 8.88. The molecule has 34 heavy (non-hydrogen) atoms. The fraction of sp³-hybridized carbons (Fsp3) is 0.0714. The van der Waals surface area contributed by atoms with Gasteiger partial charge in [0.05, 0.1) is 5.52 Å². The Morgan fingerprint density at radius 2 is 1.65 bits per heavy atom.